The van der Waals surface area contributed by atoms with Gasteiger partial charge in [0, 0.05) is 15.2 Å². The second-order valence-corrected chi connectivity index (χ2v) is 4.32. The van der Waals surface area contributed by atoms with E-state index in [2.05, 4.69) is 0 Å². The zero-order valence-electron chi connectivity index (χ0n) is 6.94. The molecule has 1 aromatic carbocycles. The molecule has 0 saturated heterocycles. The number of halogens is 1. The number of hydrogen-bond donors (Lipinski definition) is 3. The summed E-state index contributed by atoms with van der Waals surface area (Å²) in [6, 6.07) is 4.61. The van der Waals surface area contributed by atoms with Gasteiger partial charge >= 0.3 is 7.12 Å². The third-order valence-corrected chi connectivity index (χ3v) is 3.41. The number of phenolic OH excluding ortho intramolecular Hbond substituents is 1. The summed E-state index contributed by atoms with van der Waals surface area (Å²) in [5.74, 6) is 0.0984. The van der Waals surface area contributed by atoms with Gasteiger partial charge in [-0.3, -0.25) is 0 Å². The van der Waals surface area contributed by atoms with Gasteiger partial charge in [-0.25, -0.2) is 0 Å². The lowest BCUT2D eigenvalue weighted by molar-refractivity contribution is 0.427. The molecule has 6 heteroatoms. The van der Waals surface area contributed by atoms with Crippen LogP contribution in [0.15, 0.2) is 18.2 Å². The number of thiophene rings is 1. The van der Waals surface area contributed by atoms with Crippen LogP contribution in [0.2, 0.25) is 5.02 Å². The Morgan fingerprint density at radius 3 is 2.57 bits per heavy atom. The molecule has 0 fully saturated rings. The minimum Gasteiger partial charge on any atom is -0.506 e. The zero-order valence-corrected chi connectivity index (χ0v) is 8.51. The van der Waals surface area contributed by atoms with Gasteiger partial charge in [0.15, 0.2) is 0 Å². The fourth-order valence-corrected chi connectivity index (χ4v) is 2.46. The van der Waals surface area contributed by atoms with E-state index in [1.807, 2.05) is 0 Å². The number of fused-ring (bicyclic) bond motifs is 1. The summed E-state index contributed by atoms with van der Waals surface area (Å²) in [6.07, 6.45) is 0. The molecule has 0 aliphatic rings. The summed E-state index contributed by atoms with van der Waals surface area (Å²) < 4.78 is 0.934. The first kappa shape index (κ1) is 9.80. The van der Waals surface area contributed by atoms with Crippen LogP contribution in [-0.4, -0.2) is 22.3 Å². The summed E-state index contributed by atoms with van der Waals surface area (Å²) in [4.78, 5) is 0. The molecule has 72 valence electrons. The van der Waals surface area contributed by atoms with Crippen molar-refractivity contribution in [3.8, 4) is 5.75 Å². The highest BCUT2D eigenvalue weighted by atomic mass is 35.5. The Morgan fingerprint density at radius 2 is 2.00 bits per heavy atom. The summed E-state index contributed by atoms with van der Waals surface area (Å²) in [5.41, 5.74) is 0. The predicted octanol–water partition coefficient (Wildman–Crippen LogP) is 0.940. The smallest absolute Gasteiger partial charge is 0.499 e. The summed E-state index contributed by atoms with van der Waals surface area (Å²) in [6.45, 7) is 0. The first-order valence-electron chi connectivity index (χ1n) is 3.86. The molecule has 0 radical (unpaired) electrons. The van der Waals surface area contributed by atoms with Crippen molar-refractivity contribution in [3.05, 3.63) is 23.2 Å². The summed E-state index contributed by atoms with van der Waals surface area (Å²) in [5, 5.41) is 28.5. The van der Waals surface area contributed by atoms with Crippen molar-refractivity contribution in [1.82, 2.24) is 0 Å². The Kier molecular flexibility index (Phi) is 2.40. The largest absolute Gasteiger partial charge is 0.506 e. The minimum atomic E-state index is -1.53. The lowest BCUT2D eigenvalue weighted by Crippen LogP contribution is -2.26. The first-order chi connectivity index (χ1) is 6.59. The lowest BCUT2D eigenvalue weighted by Gasteiger charge is -1.95. The third kappa shape index (κ3) is 1.48. The van der Waals surface area contributed by atoms with Crippen LogP contribution in [0.1, 0.15) is 0 Å². The van der Waals surface area contributed by atoms with E-state index < -0.39 is 7.12 Å². The summed E-state index contributed by atoms with van der Waals surface area (Å²) >= 11 is 6.99. The molecule has 0 aliphatic carbocycles. The van der Waals surface area contributed by atoms with Crippen molar-refractivity contribution >= 4 is 44.9 Å². The molecule has 3 N–H and O–H groups in total. The van der Waals surface area contributed by atoms with Gasteiger partial charge in [-0.05, 0) is 18.2 Å². The third-order valence-electron chi connectivity index (χ3n) is 1.88. The molecule has 1 heterocycles. The van der Waals surface area contributed by atoms with Crippen molar-refractivity contribution in [2.24, 2.45) is 0 Å². The van der Waals surface area contributed by atoms with E-state index in [4.69, 9.17) is 21.6 Å². The molecular weight excluding hydrogens is 222 g/mol. The standard InChI is InChI=1S/C8H6BClO3S/c10-5-1-2-6(11)8-4(5)3-7(14-8)9(12)13/h1-3,11-13H. The number of rotatable bonds is 1. The maximum atomic E-state index is 9.48. The van der Waals surface area contributed by atoms with Crippen LogP contribution in [-0.2, 0) is 0 Å². The van der Waals surface area contributed by atoms with E-state index >= 15 is 0 Å². The molecule has 0 atom stereocenters. The average Bonchev–Trinajstić information content (AvgIpc) is 2.57. The quantitative estimate of drug-likeness (QED) is 0.637. The van der Waals surface area contributed by atoms with Crippen molar-refractivity contribution in [3.63, 3.8) is 0 Å². The van der Waals surface area contributed by atoms with E-state index in [0.717, 1.165) is 11.3 Å². The molecule has 3 nitrogen and oxygen atoms in total. The monoisotopic (exact) mass is 228 g/mol. The second kappa shape index (κ2) is 3.44. The molecule has 14 heavy (non-hydrogen) atoms. The average molecular weight is 228 g/mol. The Balaban J connectivity index is 2.75. The Morgan fingerprint density at radius 1 is 1.29 bits per heavy atom. The van der Waals surface area contributed by atoms with Gasteiger partial charge < -0.3 is 15.2 Å². The van der Waals surface area contributed by atoms with Crippen molar-refractivity contribution in [2.45, 2.75) is 0 Å². The molecule has 2 aromatic rings. The lowest BCUT2D eigenvalue weighted by atomic mass is 9.89. The van der Waals surface area contributed by atoms with Crippen molar-refractivity contribution in [2.75, 3.05) is 0 Å². The Hall–Kier alpha value is -0.745. The molecular formula is C8H6BClO3S. The Labute approximate surface area is 89.3 Å². The topological polar surface area (TPSA) is 60.7 Å². The van der Waals surface area contributed by atoms with Gasteiger partial charge in [-0.15, -0.1) is 11.3 Å². The second-order valence-electron chi connectivity index (χ2n) is 2.83. The van der Waals surface area contributed by atoms with Gasteiger partial charge in [0.2, 0.25) is 0 Å². The summed E-state index contributed by atoms with van der Waals surface area (Å²) in [7, 11) is -1.53. The zero-order chi connectivity index (χ0) is 10.3. The number of hydrogen-bond acceptors (Lipinski definition) is 4. The first-order valence-corrected chi connectivity index (χ1v) is 5.06. The number of aromatic hydroxyl groups is 1. The van der Waals surface area contributed by atoms with Crippen LogP contribution in [0.5, 0.6) is 5.75 Å². The highest BCUT2D eigenvalue weighted by Gasteiger charge is 2.17. The molecule has 1 aromatic heterocycles. The van der Waals surface area contributed by atoms with Gasteiger partial charge in [0.25, 0.3) is 0 Å². The maximum Gasteiger partial charge on any atom is 0.499 e. The minimum absolute atomic E-state index is 0.0984. The molecule has 0 unspecified atom stereocenters. The van der Waals surface area contributed by atoms with Gasteiger partial charge in [0.05, 0.1) is 4.70 Å². The number of phenols is 1. The maximum absolute atomic E-state index is 9.48. The van der Waals surface area contributed by atoms with Crippen LogP contribution >= 0.6 is 22.9 Å². The van der Waals surface area contributed by atoms with Gasteiger partial charge in [-0.1, -0.05) is 11.6 Å². The SMILES string of the molecule is OB(O)c1cc2c(Cl)ccc(O)c2s1. The molecule has 0 aliphatic heterocycles. The van der Waals surface area contributed by atoms with Gasteiger partial charge in [-0.2, -0.15) is 0 Å². The van der Waals surface area contributed by atoms with Crippen molar-refractivity contribution < 1.29 is 15.2 Å². The van der Waals surface area contributed by atoms with Gasteiger partial charge in [0.1, 0.15) is 5.75 Å². The molecule has 0 amide bonds. The van der Waals surface area contributed by atoms with Crippen LogP contribution in [0.25, 0.3) is 10.1 Å². The van der Waals surface area contributed by atoms with Crippen molar-refractivity contribution in [1.29, 1.82) is 0 Å². The normalized spacial score (nSPS) is 10.8. The highest BCUT2D eigenvalue weighted by Crippen LogP contribution is 2.33. The van der Waals surface area contributed by atoms with Crippen LogP contribution < -0.4 is 4.78 Å². The van der Waals surface area contributed by atoms with E-state index in [9.17, 15) is 5.11 Å². The van der Waals surface area contributed by atoms with E-state index in [0.29, 0.717) is 19.9 Å². The Bertz CT molecular complexity index is 444. The highest BCUT2D eigenvalue weighted by molar-refractivity contribution is 7.28. The molecule has 0 spiro atoms. The molecule has 2 rings (SSSR count). The number of benzene rings is 1. The predicted molar refractivity (Wildman–Crippen MR) is 58.3 cm³/mol. The fraction of sp³-hybridized carbons (Fsp3) is 0. The van der Waals surface area contributed by atoms with E-state index in [1.165, 1.54) is 6.07 Å². The van der Waals surface area contributed by atoms with Crippen LogP contribution in [0.4, 0.5) is 0 Å². The fourth-order valence-electron chi connectivity index (χ4n) is 1.22. The van der Waals surface area contributed by atoms with E-state index in [-0.39, 0.29) is 5.75 Å². The van der Waals surface area contributed by atoms with Crippen LogP contribution in [0.3, 0.4) is 0 Å². The van der Waals surface area contributed by atoms with Crippen LogP contribution in [0, 0.1) is 0 Å². The molecule has 0 bridgehead atoms. The molecule has 0 saturated carbocycles. The van der Waals surface area contributed by atoms with E-state index in [1.54, 1.807) is 12.1 Å².